The molecule has 0 aromatic heterocycles. The summed E-state index contributed by atoms with van der Waals surface area (Å²) >= 11 is 3.52. The molecule has 31 heavy (non-hydrogen) atoms. The zero-order chi connectivity index (χ0) is 22.4. The monoisotopic (exact) mass is 554 g/mol. The second-order valence-corrected chi connectivity index (χ2v) is 8.88. The van der Waals surface area contributed by atoms with Crippen molar-refractivity contribution >= 4 is 58.0 Å². The summed E-state index contributed by atoms with van der Waals surface area (Å²) in [7, 11) is 2.82. The lowest BCUT2D eigenvalue weighted by atomic mass is 10.1. The highest BCUT2D eigenvalue weighted by molar-refractivity contribution is 14.1. The third-order valence-corrected chi connectivity index (χ3v) is 6.33. The van der Waals surface area contributed by atoms with E-state index in [1.54, 1.807) is 12.1 Å². The number of benzene rings is 2. The first kappa shape index (κ1) is 23.3. The predicted molar refractivity (Wildman–Crippen MR) is 130 cm³/mol. The summed E-state index contributed by atoms with van der Waals surface area (Å²) in [5.41, 5.74) is 2.74. The first-order valence-corrected chi connectivity index (χ1v) is 11.5. The van der Waals surface area contributed by atoms with Gasteiger partial charge in [-0.25, -0.2) is 4.79 Å². The number of hydrogen-bond donors (Lipinski definition) is 2. The van der Waals surface area contributed by atoms with Gasteiger partial charge in [0, 0.05) is 5.69 Å². The highest BCUT2D eigenvalue weighted by atomic mass is 127. The topological polar surface area (TPSA) is 85.9 Å². The Morgan fingerprint density at radius 3 is 2.65 bits per heavy atom. The van der Waals surface area contributed by atoms with Gasteiger partial charge in [-0.1, -0.05) is 30.8 Å². The number of methoxy groups -OCH3 is 2. The number of carbonyl (C=O) groups excluding carboxylic acids is 2. The van der Waals surface area contributed by atoms with Crippen LogP contribution in [0.25, 0.3) is 6.08 Å². The third-order valence-electron chi connectivity index (χ3n) is 4.50. The van der Waals surface area contributed by atoms with E-state index in [1.165, 1.54) is 31.5 Å². The van der Waals surface area contributed by atoms with Crippen LogP contribution < -0.4 is 20.1 Å². The predicted octanol–water partition coefficient (Wildman–Crippen LogP) is 4.01. The van der Waals surface area contributed by atoms with Crippen molar-refractivity contribution in [2.45, 2.75) is 18.8 Å². The van der Waals surface area contributed by atoms with Crippen molar-refractivity contribution in [3.05, 3.63) is 56.0 Å². The fourth-order valence-corrected chi connectivity index (χ4v) is 4.62. The van der Waals surface area contributed by atoms with Gasteiger partial charge in [0.2, 0.25) is 0 Å². The molecular formula is C22H23IN2O5S. The molecule has 1 atom stereocenters. The van der Waals surface area contributed by atoms with E-state index in [-0.39, 0.29) is 18.0 Å². The number of carbonyl (C=O) groups is 2. The molecule has 2 aromatic rings. The summed E-state index contributed by atoms with van der Waals surface area (Å²) in [6, 6.07) is 11.8. The third kappa shape index (κ3) is 6.07. The van der Waals surface area contributed by atoms with Gasteiger partial charge in [-0.2, -0.15) is 0 Å². The van der Waals surface area contributed by atoms with Crippen LogP contribution in [0.5, 0.6) is 11.5 Å². The fourth-order valence-electron chi connectivity index (χ4n) is 2.86. The van der Waals surface area contributed by atoms with E-state index in [0.717, 1.165) is 21.2 Å². The number of nitrogens with one attached hydrogen (secondary N) is 2. The maximum atomic E-state index is 12.4. The number of thioether (sulfide) groups is 1. The number of rotatable bonds is 8. The van der Waals surface area contributed by atoms with Crippen molar-refractivity contribution in [2.24, 2.45) is 0 Å². The molecule has 1 fully saturated rings. The van der Waals surface area contributed by atoms with Crippen LogP contribution in [0.1, 0.15) is 18.1 Å². The lowest BCUT2D eigenvalue weighted by Crippen LogP contribution is -2.30. The number of amides is 1. The zero-order valence-electron chi connectivity index (χ0n) is 17.4. The average molecular weight is 554 g/mol. The van der Waals surface area contributed by atoms with Crippen molar-refractivity contribution in [1.29, 1.82) is 0 Å². The summed E-state index contributed by atoms with van der Waals surface area (Å²) in [6.07, 6.45) is 2.79. The molecule has 0 saturated carbocycles. The standard InChI is InChI=1S/C22H23IN2O5S/c1-4-13-5-7-15(8-6-13)24-22-25-21(27)18(31-22)11-14-9-16(23)20(17(10-14)28-2)30-12-19(26)29-3/h5-11,22,24H,4,12H2,1-3H3,(H,25,27)/b18-11-/t22-/m1/s1. The Hall–Kier alpha value is -2.40. The Morgan fingerprint density at radius 2 is 2.00 bits per heavy atom. The van der Waals surface area contributed by atoms with E-state index in [2.05, 4.69) is 57.0 Å². The number of aryl methyl sites for hydroxylation is 1. The lowest BCUT2D eigenvalue weighted by Gasteiger charge is -2.13. The molecule has 0 bridgehead atoms. The summed E-state index contributed by atoms with van der Waals surface area (Å²) in [6.45, 7) is 1.90. The first-order chi connectivity index (χ1) is 14.9. The van der Waals surface area contributed by atoms with E-state index in [1.807, 2.05) is 18.2 Å². The van der Waals surface area contributed by atoms with Gasteiger partial charge in [-0.3, -0.25) is 4.79 Å². The molecule has 1 amide bonds. The molecule has 9 heteroatoms. The molecule has 1 heterocycles. The highest BCUT2D eigenvalue weighted by Gasteiger charge is 2.27. The van der Waals surface area contributed by atoms with Gasteiger partial charge in [-0.15, -0.1) is 0 Å². The van der Waals surface area contributed by atoms with Crippen LogP contribution in [-0.2, 0) is 20.7 Å². The van der Waals surface area contributed by atoms with Crippen LogP contribution >= 0.6 is 34.4 Å². The Balaban J connectivity index is 1.73. The Kier molecular flexibility index (Phi) is 8.08. The average Bonchev–Trinajstić information content (AvgIpc) is 3.11. The van der Waals surface area contributed by atoms with Gasteiger partial charge in [0.15, 0.2) is 23.6 Å². The Morgan fingerprint density at radius 1 is 1.26 bits per heavy atom. The summed E-state index contributed by atoms with van der Waals surface area (Å²) < 4.78 is 16.3. The molecule has 0 spiro atoms. The normalized spacial score (nSPS) is 16.7. The molecular weight excluding hydrogens is 531 g/mol. The first-order valence-electron chi connectivity index (χ1n) is 9.55. The highest BCUT2D eigenvalue weighted by Crippen LogP contribution is 2.36. The van der Waals surface area contributed by atoms with Gasteiger partial charge in [0.05, 0.1) is 22.7 Å². The molecule has 2 aromatic carbocycles. The maximum absolute atomic E-state index is 12.4. The van der Waals surface area contributed by atoms with Gasteiger partial charge in [0.1, 0.15) is 0 Å². The quantitative estimate of drug-likeness (QED) is 0.290. The van der Waals surface area contributed by atoms with Gasteiger partial charge >= 0.3 is 5.97 Å². The van der Waals surface area contributed by atoms with Crippen LogP contribution in [0.2, 0.25) is 0 Å². The van der Waals surface area contributed by atoms with E-state index in [4.69, 9.17) is 9.47 Å². The molecule has 2 N–H and O–H groups in total. The maximum Gasteiger partial charge on any atom is 0.343 e. The van der Waals surface area contributed by atoms with Crippen LogP contribution in [0.4, 0.5) is 5.69 Å². The van der Waals surface area contributed by atoms with Crippen LogP contribution in [0.3, 0.4) is 0 Å². The molecule has 0 aliphatic carbocycles. The minimum atomic E-state index is -0.481. The largest absolute Gasteiger partial charge is 0.493 e. The van der Waals surface area contributed by atoms with Gasteiger partial charge in [0.25, 0.3) is 5.91 Å². The van der Waals surface area contributed by atoms with Crippen LogP contribution in [0.15, 0.2) is 41.3 Å². The smallest absolute Gasteiger partial charge is 0.343 e. The molecule has 1 aliphatic heterocycles. The molecule has 3 rings (SSSR count). The van der Waals surface area contributed by atoms with Crippen molar-refractivity contribution < 1.29 is 23.8 Å². The van der Waals surface area contributed by atoms with Crippen molar-refractivity contribution in [3.8, 4) is 11.5 Å². The van der Waals surface area contributed by atoms with Crippen LogP contribution in [0, 0.1) is 3.57 Å². The SMILES string of the molecule is CCc1ccc(N[C@@H]2NC(=O)/C(=C/c3cc(I)c(OCC(=O)OC)c(OC)c3)S2)cc1. The molecule has 1 aliphatic rings. The number of hydrogen-bond acceptors (Lipinski definition) is 7. The molecule has 7 nitrogen and oxygen atoms in total. The van der Waals surface area contributed by atoms with E-state index in [9.17, 15) is 9.59 Å². The molecule has 0 unspecified atom stereocenters. The van der Waals surface area contributed by atoms with E-state index < -0.39 is 5.97 Å². The Bertz CT molecular complexity index is 994. The van der Waals surface area contributed by atoms with Crippen molar-refractivity contribution in [2.75, 3.05) is 26.1 Å². The molecule has 0 radical (unpaired) electrons. The minimum Gasteiger partial charge on any atom is -0.493 e. The van der Waals surface area contributed by atoms with E-state index >= 15 is 0 Å². The van der Waals surface area contributed by atoms with Crippen molar-refractivity contribution in [1.82, 2.24) is 5.32 Å². The van der Waals surface area contributed by atoms with Crippen LogP contribution in [-0.4, -0.2) is 38.2 Å². The number of ether oxygens (including phenoxy) is 3. The fraction of sp³-hybridized carbons (Fsp3) is 0.273. The van der Waals surface area contributed by atoms with E-state index in [0.29, 0.717) is 16.4 Å². The molecule has 1 saturated heterocycles. The number of halogens is 1. The summed E-state index contributed by atoms with van der Waals surface area (Å²) in [4.78, 5) is 24.4. The minimum absolute atomic E-state index is 0.146. The van der Waals surface area contributed by atoms with Gasteiger partial charge < -0.3 is 24.8 Å². The summed E-state index contributed by atoms with van der Waals surface area (Å²) in [5, 5.41) is 6.24. The molecule has 164 valence electrons. The zero-order valence-corrected chi connectivity index (χ0v) is 20.3. The van der Waals surface area contributed by atoms with Crippen molar-refractivity contribution in [3.63, 3.8) is 0 Å². The number of esters is 1. The lowest BCUT2D eigenvalue weighted by molar-refractivity contribution is -0.143. The second-order valence-electron chi connectivity index (χ2n) is 6.57. The Labute approximate surface area is 199 Å². The second kappa shape index (κ2) is 10.8. The van der Waals surface area contributed by atoms with Gasteiger partial charge in [-0.05, 0) is 70.5 Å². The summed E-state index contributed by atoms with van der Waals surface area (Å²) in [5.74, 6) is 0.296. The number of anilines is 1.